The minimum atomic E-state index is -0.968. The molecular formula is C20H26N2O4S. The Kier molecular flexibility index (Phi) is 6.42. The van der Waals surface area contributed by atoms with Crippen LogP contribution in [0.1, 0.15) is 50.1 Å². The Labute approximate surface area is 163 Å². The molecule has 0 spiro atoms. The van der Waals surface area contributed by atoms with Crippen LogP contribution >= 0.6 is 11.8 Å². The first-order valence-corrected chi connectivity index (χ1v) is 10.7. The quantitative estimate of drug-likeness (QED) is 0.699. The van der Waals surface area contributed by atoms with Crippen LogP contribution < -0.4 is 5.32 Å². The van der Waals surface area contributed by atoms with Crippen LogP contribution in [0.4, 0.5) is 0 Å². The zero-order valence-electron chi connectivity index (χ0n) is 15.5. The first-order valence-electron chi connectivity index (χ1n) is 9.43. The maximum absolute atomic E-state index is 12.8. The van der Waals surface area contributed by atoms with Gasteiger partial charge in [0, 0.05) is 23.9 Å². The summed E-state index contributed by atoms with van der Waals surface area (Å²) in [4.78, 5) is 39.3. The van der Waals surface area contributed by atoms with Crippen molar-refractivity contribution in [2.24, 2.45) is 5.92 Å². The fourth-order valence-electron chi connectivity index (χ4n) is 4.03. The zero-order valence-corrected chi connectivity index (χ0v) is 16.3. The topological polar surface area (TPSA) is 86.7 Å². The molecule has 7 heteroatoms. The molecule has 0 bridgehead atoms. The maximum atomic E-state index is 12.8. The van der Waals surface area contributed by atoms with Crippen LogP contribution in [-0.2, 0) is 14.4 Å². The third-order valence-electron chi connectivity index (χ3n) is 5.51. The number of hydrogen-bond donors (Lipinski definition) is 2. The molecule has 1 saturated heterocycles. The Morgan fingerprint density at radius 2 is 1.93 bits per heavy atom. The van der Waals surface area contributed by atoms with E-state index in [9.17, 15) is 19.5 Å². The molecule has 2 amide bonds. The van der Waals surface area contributed by atoms with Gasteiger partial charge in [-0.1, -0.05) is 25.0 Å². The van der Waals surface area contributed by atoms with Gasteiger partial charge in [-0.05, 0) is 36.8 Å². The Hall–Kier alpha value is -2.02. The summed E-state index contributed by atoms with van der Waals surface area (Å²) < 4.78 is 0. The lowest BCUT2D eigenvalue weighted by atomic mass is 10.0. The van der Waals surface area contributed by atoms with E-state index in [0.29, 0.717) is 6.54 Å². The average molecular weight is 391 g/mol. The van der Waals surface area contributed by atoms with Crippen molar-refractivity contribution in [2.75, 3.05) is 12.8 Å². The molecule has 2 N–H and O–H groups in total. The van der Waals surface area contributed by atoms with Gasteiger partial charge in [0.15, 0.2) is 0 Å². The molecule has 146 valence electrons. The van der Waals surface area contributed by atoms with Gasteiger partial charge < -0.3 is 15.3 Å². The second-order valence-electron chi connectivity index (χ2n) is 7.32. The number of amides is 2. The number of thioether (sulfide) groups is 1. The SMILES string of the molecule is CSc1ccc(C(CC(=O)O)NC(=O)C2CC(=O)N(C3CCCC3)C2)cc1. The predicted octanol–water partition coefficient (Wildman–Crippen LogP) is 2.83. The number of carbonyl (C=O) groups excluding carboxylic acids is 2. The van der Waals surface area contributed by atoms with Crippen LogP contribution in [0.25, 0.3) is 0 Å². The predicted molar refractivity (Wildman–Crippen MR) is 103 cm³/mol. The van der Waals surface area contributed by atoms with Gasteiger partial charge in [-0.25, -0.2) is 0 Å². The first kappa shape index (κ1) is 19.7. The van der Waals surface area contributed by atoms with Crippen molar-refractivity contribution in [2.45, 2.75) is 55.5 Å². The molecule has 3 rings (SSSR count). The molecule has 6 nitrogen and oxygen atoms in total. The van der Waals surface area contributed by atoms with Crippen LogP contribution in [-0.4, -0.2) is 46.6 Å². The fraction of sp³-hybridized carbons (Fsp3) is 0.550. The molecular weight excluding hydrogens is 364 g/mol. The molecule has 27 heavy (non-hydrogen) atoms. The lowest BCUT2D eigenvalue weighted by Crippen LogP contribution is -2.38. The van der Waals surface area contributed by atoms with Crippen LogP contribution in [0.15, 0.2) is 29.2 Å². The first-order chi connectivity index (χ1) is 13.0. The molecule has 2 aliphatic rings. The van der Waals surface area contributed by atoms with Gasteiger partial charge in [0.25, 0.3) is 0 Å². The number of carbonyl (C=O) groups is 3. The van der Waals surface area contributed by atoms with E-state index in [0.717, 1.165) is 36.1 Å². The minimum absolute atomic E-state index is 0.0427. The summed E-state index contributed by atoms with van der Waals surface area (Å²) in [5.41, 5.74) is 0.764. The van der Waals surface area contributed by atoms with Crippen LogP contribution in [0.3, 0.4) is 0 Å². The van der Waals surface area contributed by atoms with Gasteiger partial charge in [0.2, 0.25) is 11.8 Å². The fourth-order valence-corrected chi connectivity index (χ4v) is 4.44. The molecule has 1 aromatic carbocycles. The monoisotopic (exact) mass is 390 g/mol. The molecule has 1 heterocycles. The second kappa shape index (κ2) is 8.78. The standard InChI is InChI=1S/C20H26N2O4S/c1-27-16-8-6-13(7-9-16)17(11-19(24)25)21-20(26)14-10-18(23)22(12-14)15-4-2-3-5-15/h6-9,14-15,17H,2-5,10-12H2,1H3,(H,21,26)(H,24,25). The van der Waals surface area contributed by atoms with Crippen molar-refractivity contribution < 1.29 is 19.5 Å². The second-order valence-corrected chi connectivity index (χ2v) is 8.20. The summed E-state index contributed by atoms with van der Waals surface area (Å²) >= 11 is 1.60. The van der Waals surface area contributed by atoms with Crippen molar-refractivity contribution in [3.05, 3.63) is 29.8 Å². The van der Waals surface area contributed by atoms with E-state index >= 15 is 0 Å². The Bertz CT molecular complexity index is 700. The summed E-state index contributed by atoms with van der Waals surface area (Å²) in [6.07, 6.45) is 6.31. The van der Waals surface area contributed by atoms with Crippen molar-refractivity contribution >= 4 is 29.5 Å². The van der Waals surface area contributed by atoms with Crippen molar-refractivity contribution in [1.82, 2.24) is 10.2 Å². The van der Waals surface area contributed by atoms with Crippen molar-refractivity contribution in [1.29, 1.82) is 0 Å². The van der Waals surface area contributed by atoms with E-state index in [1.54, 1.807) is 11.8 Å². The summed E-state index contributed by atoms with van der Waals surface area (Å²) in [5, 5.41) is 12.1. The number of carboxylic acid groups (broad SMARTS) is 1. The van der Waals surface area contributed by atoms with Crippen LogP contribution in [0, 0.1) is 5.92 Å². The molecule has 2 unspecified atom stereocenters. The minimum Gasteiger partial charge on any atom is -0.481 e. The van der Waals surface area contributed by atoms with E-state index in [4.69, 9.17) is 0 Å². The number of rotatable bonds is 7. The Balaban J connectivity index is 1.66. The van der Waals surface area contributed by atoms with E-state index < -0.39 is 17.9 Å². The normalized spacial score (nSPS) is 21.4. The van der Waals surface area contributed by atoms with E-state index in [-0.39, 0.29) is 30.7 Å². The molecule has 1 saturated carbocycles. The smallest absolute Gasteiger partial charge is 0.305 e. The summed E-state index contributed by atoms with van der Waals surface area (Å²) in [5.74, 6) is -1.56. The van der Waals surface area contributed by atoms with Gasteiger partial charge in [0.05, 0.1) is 18.4 Å². The van der Waals surface area contributed by atoms with E-state index in [2.05, 4.69) is 5.32 Å². The number of benzene rings is 1. The zero-order chi connectivity index (χ0) is 19.4. The van der Waals surface area contributed by atoms with Crippen LogP contribution in [0.2, 0.25) is 0 Å². The Morgan fingerprint density at radius 3 is 2.52 bits per heavy atom. The molecule has 1 aliphatic heterocycles. The number of hydrogen-bond acceptors (Lipinski definition) is 4. The van der Waals surface area contributed by atoms with Crippen molar-refractivity contribution in [3.8, 4) is 0 Å². The molecule has 2 atom stereocenters. The summed E-state index contributed by atoms with van der Waals surface area (Å²) in [6.45, 7) is 0.445. The van der Waals surface area contributed by atoms with E-state index in [1.807, 2.05) is 35.4 Å². The number of nitrogens with one attached hydrogen (secondary N) is 1. The lowest BCUT2D eigenvalue weighted by molar-refractivity contribution is -0.138. The highest BCUT2D eigenvalue weighted by molar-refractivity contribution is 7.98. The highest BCUT2D eigenvalue weighted by atomic mass is 32.2. The third kappa shape index (κ3) is 4.83. The largest absolute Gasteiger partial charge is 0.481 e. The van der Waals surface area contributed by atoms with Crippen LogP contribution in [0.5, 0.6) is 0 Å². The molecule has 0 aromatic heterocycles. The number of carboxylic acids is 1. The lowest BCUT2D eigenvalue weighted by Gasteiger charge is -2.24. The average Bonchev–Trinajstić information content (AvgIpc) is 3.30. The van der Waals surface area contributed by atoms with Gasteiger partial charge in [0.1, 0.15) is 0 Å². The maximum Gasteiger partial charge on any atom is 0.305 e. The number of aliphatic carboxylic acids is 1. The van der Waals surface area contributed by atoms with Gasteiger partial charge in [-0.2, -0.15) is 0 Å². The number of likely N-dealkylation sites (tertiary alicyclic amines) is 1. The van der Waals surface area contributed by atoms with E-state index in [1.165, 1.54) is 0 Å². The highest BCUT2D eigenvalue weighted by Crippen LogP contribution is 2.30. The third-order valence-corrected chi connectivity index (χ3v) is 6.25. The molecule has 1 aliphatic carbocycles. The van der Waals surface area contributed by atoms with Gasteiger partial charge in [-0.3, -0.25) is 14.4 Å². The molecule has 1 aromatic rings. The summed E-state index contributed by atoms with van der Waals surface area (Å²) in [7, 11) is 0. The Morgan fingerprint density at radius 1 is 1.26 bits per heavy atom. The summed E-state index contributed by atoms with van der Waals surface area (Å²) in [6, 6.07) is 7.21. The van der Waals surface area contributed by atoms with Gasteiger partial charge >= 0.3 is 5.97 Å². The van der Waals surface area contributed by atoms with Crippen molar-refractivity contribution in [3.63, 3.8) is 0 Å². The molecule has 0 radical (unpaired) electrons. The number of nitrogens with zero attached hydrogens (tertiary/aromatic N) is 1. The molecule has 2 fully saturated rings. The highest BCUT2D eigenvalue weighted by Gasteiger charge is 2.39. The van der Waals surface area contributed by atoms with Gasteiger partial charge in [-0.15, -0.1) is 11.8 Å².